The summed E-state index contributed by atoms with van der Waals surface area (Å²) in [5.74, 6) is -0.380. The Morgan fingerprint density at radius 1 is 1.50 bits per heavy atom. The standard InChI is InChI=1S/C10H13NO3/c1-14-10(13)8-4-2-7(3-5-8)9(11)6-12/h2-5,9,12H,6,11H2,1H3. The molecule has 0 bridgehead atoms. The van der Waals surface area contributed by atoms with Crippen LogP contribution in [0.25, 0.3) is 0 Å². The summed E-state index contributed by atoms with van der Waals surface area (Å²) in [7, 11) is 1.33. The molecule has 1 aromatic rings. The van der Waals surface area contributed by atoms with Gasteiger partial charge in [-0.05, 0) is 17.7 Å². The summed E-state index contributed by atoms with van der Waals surface area (Å²) in [4.78, 5) is 11.1. The van der Waals surface area contributed by atoms with Crippen LogP contribution in [0.15, 0.2) is 24.3 Å². The van der Waals surface area contributed by atoms with Gasteiger partial charge in [-0.1, -0.05) is 12.1 Å². The minimum Gasteiger partial charge on any atom is -0.465 e. The Bertz CT molecular complexity index is 308. The molecule has 3 N–H and O–H groups in total. The van der Waals surface area contributed by atoms with E-state index < -0.39 is 6.04 Å². The van der Waals surface area contributed by atoms with Gasteiger partial charge in [-0.2, -0.15) is 0 Å². The van der Waals surface area contributed by atoms with Crippen LogP contribution in [0.5, 0.6) is 0 Å². The first-order chi connectivity index (χ1) is 6.69. The summed E-state index contributed by atoms with van der Waals surface area (Å²) in [6.07, 6.45) is 0. The number of carbonyl (C=O) groups is 1. The van der Waals surface area contributed by atoms with Crippen LogP contribution in [0, 0.1) is 0 Å². The fourth-order valence-electron chi connectivity index (χ4n) is 1.09. The second-order valence-corrected chi connectivity index (χ2v) is 2.90. The lowest BCUT2D eigenvalue weighted by atomic mass is 10.1. The van der Waals surface area contributed by atoms with E-state index in [1.54, 1.807) is 24.3 Å². The molecule has 76 valence electrons. The average Bonchev–Trinajstić information content (AvgIpc) is 2.27. The molecule has 0 spiro atoms. The lowest BCUT2D eigenvalue weighted by Crippen LogP contribution is -2.14. The van der Waals surface area contributed by atoms with Gasteiger partial charge in [-0.15, -0.1) is 0 Å². The van der Waals surface area contributed by atoms with Crippen LogP contribution in [0.4, 0.5) is 0 Å². The van der Waals surface area contributed by atoms with Crippen molar-refractivity contribution in [3.8, 4) is 0 Å². The van der Waals surface area contributed by atoms with Crippen molar-refractivity contribution in [2.75, 3.05) is 13.7 Å². The summed E-state index contributed by atoms with van der Waals surface area (Å²) in [6, 6.07) is 6.25. The molecule has 4 heteroatoms. The molecular weight excluding hydrogens is 182 g/mol. The van der Waals surface area contributed by atoms with Crippen molar-refractivity contribution in [2.24, 2.45) is 5.73 Å². The maximum Gasteiger partial charge on any atom is 0.337 e. The zero-order valence-corrected chi connectivity index (χ0v) is 7.93. The van der Waals surface area contributed by atoms with Gasteiger partial charge in [-0.25, -0.2) is 4.79 Å². The fraction of sp³-hybridized carbons (Fsp3) is 0.300. The number of aliphatic hydroxyl groups is 1. The molecule has 0 aliphatic heterocycles. The predicted molar refractivity (Wildman–Crippen MR) is 51.8 cm³/mol. The number of methoxy groups -OCH3 is 1. The first-order valence-corrected chi connectivity index (χ1v) is 4.23. The van der Waals surface area contributed by atoms with Crippen molar-refractivity contribution in [2.45, 2.75) is 6.04 Å². The van der Waals surface area contributed by atoms with Crippen molar-refractivity contribution in [1.82, 2.24) is 0 Å². The topological polar surface area (TPSA) is 72.5 Å². The highest BCUT2D eigenvalue weighted by atomic mass is 16.5. The number of benzene rings is 1. The third-order valence-electron chi connectivity index (χ3n) is 1.96. The lowest BCUT2D eigenvalue weighted by Gasteiger charge is -2.08. The van der Waals surface area contributed by atoms with Gasteiger partial charge in [-0.3, -0.25) is 0 Å². The van der Waals surface area contributed by atoms with Crippen LogP contribution in [0.1, 0.15) is 22.0 Å². The third kappa shape index (κ3) is 2.31. The predicted octanol–water partition coefficient (Wildman–Crippen LogP) is 0.465. The van der Waals surface area contributed by atoms with E-state index in [-0.39, 0.29) is 12.6 Å². The smallest absolute Gasteiger partial charge is 0.337 e. The Kier molecular flexibility index (Phi) is 3.62. The van der Waals surface area contributed by atoms with E-state index in [9.17, 15) is 4.79 Å². The summed E-state index contributed by atoms with van der Waals surface area (Å²) in [6.45, 7) is -0.114. The molecule has 14 heavy (non-hydrogen) atoms. The van der Waals surface area contributed by atoms with Gasteiger partial charge in [0.2, 0.25) is 0 Å². The highest BCUT2D eigenvalue weighted by Crippen LogP contribution is 2.11. The van der Waals surface area contributed by atoms with E-state index >= 15 is 0 Å². The molecule has 0 saturated heterocycles. The number of ether oxygens (including phenoxy) is 1. The second-order valence-electron chi connectivity index (χ2n) is 2.90. The Balaban J connectivity index is 2.83. The molecule has 1 aromatic carbocycles. The number of esters is 1. The number of aliphatic hydroxyl groups excluding tert-OH is 1. The van der Waals surface area contributed by atoms with Gasteiger partial charge in [0.05, 0.1) is 25.3 Å². The molecule has 0 fully saturated rings. The summed E-state index contributed by atoms with van der Waals surface area (Å²) < 4.78 is 4.54. The quantitative estimate of drug-likeness (QED) is 0.687. The van der Waals surface area contributed by atoms with Gasteiger partial charge < -0.3 is 15.6 Å². The maximum absolute atomic E-state index is 11.1. The van der Waals surface area contributed by atoms with Crippen molar-refractivity contribution in [1.29, 1.82) is 0 Å². The first-order valence-electron chi connectivity index (χ1n) is 4.23. The Morgan fingerprint density at radius 3 is 2.50 bits per heavy atom. The molecule has 0 aliphatic carbocycles. The SMILES string of the molecule is COC(=O)c1ccc(C(N)CO)cc1. The van der Waals surface area contributed by atoms with E-state index in [4.69, 9.17) is 10.8 Å². The maximum atomic E-state index is 11.1. The van der Waals surface area contributed by atoms with Crippen LogP contribution in [0.3, 0.4) is 0 Å². The summed E-state index contributed by atoms with van der Waals surface area (Å²) in [5, 5.41) is 8.80. The lowest BCUT2D eigenvalue weighted by molar-refractivity contribution is 0.0600. The first kappa shape index (κ1) is 10.7. The van der Waals surface area contributed by atoms with E-state index in [1.165, 1.54) is 7.11 Å². The molecule has 0 amide bonds. The normalized spacial score (nSPS) is 12.2. The Morgan fingerprint density at radius 2 is 2.07 bits per heavy atom. The van der Waals surface area contributed by atoms with E-state index in [0.29, 0.717) is 5.56 Å². The minimum absolute atomic E-state index is 0.114. The van der Waals surface area contributed by atoms with E-state index in [1.807, 2.05) is 0 Å². The average molecular weight is 195 g/mol. The largest absolute Gasteiger partial charge is 0.465 e. The number of hydrogen-bond donors (Lipinski definition) is 2. The number of carbonyl (C=O) groups excluding carboxylic acids is 1. The van der Waals surface area contributed by atoms with Gasteiger partial charge in [0.15, 0.2) is 0 Å². The monoisotopic (exact) mass is 195 g/mol. The Hall–Kier alpha value is -1.39. The van der Waals surface area contributed by atoms with Crippen molar-refractivity contribution in [3.05, 3.63) is 35.4 Å². The van der Waals surface area contributed by atoms with E-state index in [2.05, 4.69) is 4.74 Å². The van der Waals surface area contributed by atoms with Gasteiger partial charge in [0.25, 0.3) is 0 Å². The molecule has 1 unspecified atom stereocenters. The third-order valence-corrected chi connectivity index (χ3v) is 1.96. The number of hydrogen-bond acceptors (Lipinski definition) is 4. The summed E-state index contributed by atoms with van der Waals surface area (Å²) in [5.41, 5.74) is 6.85. The van der Waals surface area contributed by atoms with E-state index in [0.717, 1.165) is 5.56 Å². The van der Waals surface area contributed by atoms with Crippen molar-refractivity contribution in [3.63, 3.8) is 0 Å². The highest BCUT2D eigenvalue weighted by Gasteiger charge is 2.07. The van der Waals surface area contributed by atoms with Crippen LogP contribution < -0.4 is 5.73 Å². The summed E-state index contributed by atoms with van der Waals surface area (Å²) >= 11 is 0. The van der Waals surface area contributed by atoms with Crippen LogP contribution in [-0.4, -0.2) is 24.8 Å². The molecule has 0 heterocycles. The van der Waals surface area contributed by atoms with Gasteiger partial charge in [0.1, 0.15) is 0 Å². The van der Waals surface area contributed by atoms with Crippen LogP contribution >= 0.6 is 0 Å². The van der Waals surface area contributed by atoms with Gasteiger partial charge in [0, 0.05) is 0 Å². The molecular formula is C10H13NO3. The van der Waals surface area contributed by atoms with Crippen molar-refractivity contribution >= 4 is 5.97 Å². The zero-order chi connectivity index (χ0) is 10.6. The minimum atomic E-state index is -0.401. The zero-order valence-electron chi connectivity index (χ0n) is 7.93. The Labute approximate surface area is 82.3 Å². The highest BCUT2D eigenvalue weighted by molar-refractivity contribution is 5.89. The molecule has 0 saturated carbocycles. The van der Waals surface area contributed by atoms with Gasteiger partial charge >= 0.3 is 5.97 Å². The molecule has 0 radical (unpaired) electrons. The molecule has 4 nitrogen and oxygen atoms in total. The second kappa shape index (κ2) is 4.74. The fourth-order valence-corrected chi connectivity index (χ4v) is 1.09. The van der Waals surface area contributed by atoms with Crippen LogP contribution in [-0.2, 0) is 4.74 Å². The van der Waals surface area contributed by atoms with Crippen molar-refractivity contribution < 1.29 is 14.6 Å². The number of rotatable bonds is 3. The van der Waals surface area contributed by atoms with Crippen LogP contribution in [0.2, 0.25) is 0 Å². The molecule has 1 atom stereocenters. The molecule has 1 rings (SSSR count). The molecule has 0 aromatic heterocycles. The molecule has 0 aliphatic rings. The number of nitrogens with two attached hydrogens (primary N) is 1.